The van der Waals surface area contributed by atoms with Crippen LogP contribution < -0.4 is 0 Å². The Hall–Kier alpha value is -0.0700. The van der Waals surface area contributed by atoms with Crippen molar-refractivity contribution in [2.24, 2.45) is 0 Å². The molecule has 0 aromatic rings. The van der Waals surface area contributed by atoms with E-state index in [1.165, 1.54) is 113 Å². The first-order valence-corrected chi connectivity index (χ1v) is 21.8. The van der Waals surface area contributed by atoms with Crippen LogP contribution in [0.2, 0.25) is 0 Å². The molecule has 262 valence electrons. The Labute approximate surface area is 286 Å². The molecule has 0 N–H and O–H groups in total. The number of allylic oxidation sites excluding steroid dienone is 5. The molecule has 0 aliphatic rings. The number of unbranched alkanes of at least 4 members (excludes halogenated alkanes) is 15. The van der Waals surface area contributed by atoms with Gasteiger partial charge in [0.2, 0.25) is 0 Å². The minimum absolute atomic E-state index is 0.192. The van der Waals surface area contributed by atoms with Gasteiger partial charge in [-0.15, -0.1) is 0 Å². The molecule has 0 rings (SSSR count). The zero-order valence-electron chi connectivity index (χ0n) is 30.5. The molecule has 0 aliphatic carbocycles. The second-order valence-electron chi connectivity index (χ2n) is 13.4. The molecule has 1 unspecified atom stereocenters. The highest BCUT2D eigenvalue weighted by molar-refractivity contribution is 9.09. The van der Waals surface area contributed by atoms with Gasteiger partial charge in [0.1, 0.15) is 0 Å². The lowest BCUT2D eigenvalue weighted by Gasteiger charge is -2.38. The quantitative estimate of drug-likeness (QED) is 0.0302. The summed E-state index contributed by atoms with van der Waals surface area (Å²) in [5.41, 5.74) is 4.29. The molecule has 5 heteroatoms. The van der Waals surface area contributed by atoms with Gasteiger partial charge in [-0.25, -0.2) is 0 Å². The number of halogens is 1. The van der Waals surface area contributed by atoms with Gasteiger partial charge in [-0.2, -0.15) is 10.6 Å². The van der Waals surface area contributed by atoms with Crippen molar-refractivity contribution in [3.63, 3.8) is 0 Å². The Kier molecular flexibility index (Phi) is 31.5. The van der Waals surface area contributed by atoms with Crippen molar-refractivity contribution >= 4 is 26.5 Å². The topological polar surface area (TPSA) is 27.7 Å². The molecule has 0 aliphatic heterocycles. The van der Waals surface area contributed by atoms with Crippen LogP contribution in [0.4, 0.5) is 0 Å². The largest absolute Gasteiger partial charge is 0.346 e. The van der Waals surface area contributed by atoms with Gasteiger partial charge in [0.25, 0.3) is 0 Å². The molecule has 0 saturated heterocycles. The van der Waals surface area contributed by atoms with Crippen LogP contribution in [-0.2, 0) is 13.1 Å². The smallest absolute Gasteiger partial charge is 0.180 e. The van der Waals surface area contributed by atoms with Gasteiger partial charge in [0, 0.05) is 24.3 Å². The summed E-state index contributed by atoms with van der Waals surface area (Å²) >= 11 is 3.52. The number of alkyl halides is 1. The standard InChI is InChI=1S/C39H75BrO3S/c1-8-9-10-11-12-13-14-15-16-17-18-19-22-31-39(43-44(6,7)42-34-24-21-20-23-33-40)41-35-32-38(5)30-26-29-37(4)28-25-27-36(2)3/h27,29,32,39H,8-26,28,30-31,33-35H2,1-7H3/b37-29+,38-32+. The second-order valence-corrected chi connectivity index (χ2v) is 16.9. The van der Waals surface area contributed by atoms with E-state index in [0.717, 1.165) is 56.9 Å². The highest BCUT2D eigenvalue weighted by Crippen LogP contribution is 2.44. The van der Waals surface area contributed by atoms with Gasteiger partial charge < -0.3 is 4.74 Å². The first-order valence-electron chi connectivity index (χ1n) is 18.4. The highest BCUT2D eigenvalue weighted by atomic mass is 79.9. The van der Waals surface area contributed by atoms with Crippen LogP contribution in [0.15, 0.2) is 34.9 Å². The fourth-order valence-corrected chi connectivity index (χ4v) is 6.86. The number of rotatable bonds is 32. The molecule has 0 saturated carbocycles. The third kappa shape index (κ3) is 31.9. The zero-order chi connectivity index (χ0) is 32.7. The van der Waals surface area contributed by atoms with Gasteiger partial charge >= 0.3 is 0 Å². The van der Waals surface area contributed by atoms with E-state index in [4.69, 9.17) is 13.1 Å². The van der Waals surface area contributed by atoms with Crippen molar-refractivity contribution in [1.82, 2.24) is 0 Å². The van der Waals surface area contributed by atoms with Gasteiger partial charge in [0.15, 0.2) is 6.29 Å². The van der Waals surface area contributed by atoms with Gasteiger partial charge in [0.05, 0.1) is 13.2 Å². The Balaban J connectivity index is 4.53. The maximum Gasteiger partial charge on any atom is 0.180 e. The van der Waals surface area contributed by atoms with Gasteiger partial charge in [-0.05, 0) is 72.6 Å². The molecule has 3 nitrogen and oxygen atoms in total. The lowest BCUT2D eigenvalue weighted by Crippen LogP contribution is -2.21. The highest BCUT2D eigenvalue weighted by Gasteiger charge is 2.18. The van der Waals surface area contributed by atoms with Crippen LogP contribution in [-0.4, -0.2) is 37.3 Å². The first-order chi connectivity index (χ1) is 21.2. The average Bonchev–Trinajstić information content (AvgIpc) is 2.96. The second kappa shape index (κ2) is 31.5. The van der Waals surface area contributed by atoms with E-state index in [9.17, 15) is 0 Å². The molecular formula is C39H75BrO3S. The third-order valence-electron chi connectivity index (χ3n) is 8.11. The summed E-state index contributed by atoms with van der Waals surface area (Å²) in [7, 11) is -1.60. The molecular weight excluding hydrogens is 628 g/mol. The van der Waals surface area contributed by atoms with Crippen LogP contribution in [0, 0.1) is 0 Å². The molecule has 0 amide bonds. The summed E-state index contributed by atoms with van der Waals surface area (Å²) < 4.78 is 19.1. The van der Waals surface area contributed by atoms with Gasteiger partial charge in [-0.1, -0.05) is 148 Å². The number of hydrogen-bond donors (Lipinski definition) is 0. The van der Waals surface area contributed by atoms with Crippen molar-refractivity contribution in [2.45, 2.75) is 182 Å². The third-order valence-corrected chi connectivity index (χ3v) is 10.1. The molecule has 0 fully saturated rings. The van der Waals surface area contributed by atoms with Gasteiger partial charge in [-0.3, -0.25) is 8.37 Å². The maximum absolute atomic E-state index is 6.51. The van der Waals surface area contributed by atoms with Crippen LogP contribution in [0.1, 0.15) is 176 Å². The number of ether oxygens (including phenoxy) is 1. The molecule has 0 aromatic carbocycles. The Bertz CT molecular complexity index is 727. The van der Waals surface area contributed by atoms with Crippen LogP contribution in [0.25, 0.3) is 0 Å². The van der Waals surface area contributed by atoms with E-state index in [-0.39, 0.29) is 6.29 Å². The van der Waals surface area contributed by atoms with Crippen LogP contribution in [0.5, 0.6) is 0 Å². The molecule has 0 aromatic heterocycles. The lowest BCUT2D eigenvalue weighted by atomic mass is 10.0. The molecule has 0 heterocycles. The minimum atomic E-state index is -1.60. The Morgan fingerprint density at radius 2 is 1.14 bits per heavy atom. The fourth-order valence-electron chi connectivity index (χ4n) is 5.22. The van der Waals surface area contributed by atoms with Crippen molar-refractivity contribution in [3.8, 4) is 0 Å². The predicted octanol–water partition coefficient (Wildman–Crippen LogP) is 14.1. The van der Waals surface area contributed by atoms with E-state index in [0.29, 0.717) is 6.61 Å². The summed E-state index contributed by atoms with van der Waals surface area (Å²) in [6.07, 6.45) is 39.1. The molecule has 0 radical (unpaired) electrons. The summed E-state index contributed by atoms with van der Waals surface area (Å²) in [5, 5.41) is 1.09. The average molecular weight is 704 g/mol. The maximum atomic E-state index is 6.51. The Morgan fingerprint density at radius 1 is 0.636 bits per heavy atom. The van der Waals surface area contributed by atoms with Crippen molar-refractivity contribution < 1.29 is 13.1 Å². The van der Waals surface area contributed by atoms with E-state index in [1.54, 1.807) is 0 Å². The SMILES string of the molecule is CCCCCCCCCCCCCCCC(OC/C=C(\C)CC/C=C(\C)CCC=C(C)C)OS(C)(C)OCCCCCCBr. The summed E-state index contributed by atoms with van der Waals surface area (Å²) in [5.74, 6) is 0. The van der Waals surface area contributed by atoms with Crippen molar-refractivity contribution in [1.29, 1.82) is 0 Å². The normalized spacial score (nSPS) is 13.8. The summed E-state index contributed by atoms with van der Waals surface area (Å²) in [6.45, 7) is 12.5. The zero-order valence-corrected chi connectivity index (χ0v) is 32.9. The minimum Gasteiger partial charge on any atom is -0.346 e. The first kappa shape index (κ1) is 43.9. The fraction of sp³-hybridized carbons (Fsp3) is 0.846. The lowest BCUT2D eigenvalue weighted by molar-refractivity contribution is -0.0727. The predicted molar refractivity (Wildman–Crippen MR) is 204 cm³/mol. The molecule has 0 bridgehead atoms. The van der Waals surface area contributed by atoms with E-state index in [2.05, 4.69) is 81.3 Å². The van der Waals surface area contributed by atoms with E-state index in [1.807, 2.05) is 0 Å². The molecule has 1 atom stereocenters. The summed E-state index contributed by atoms with van der Waals surface area (Å²) in [6, 6.07) is 0. The van der Waals surface area contributed by atoms with Crippen molar-refractivity contribution in [2.75, 3.05) is 31.1 Å². The van der Waals surface area contributed by atoms with Crippen molar-refractivity contribution in [3.05, 3.63) is 34.9 Å². The van der Waals surface area contributed by atoms with E-state index < -0.39 is 10.6 Å². The number of hydrogen-bond acceptors (Lipinski definition) is 3. The van der Waals surface area contributed by atoms with E-state index >= 15 is 0 Å². The van der Waals surface area contributed by atoms with Crippen LogP contribution in [0.3, 0.4) is 0 Å². The monoisotopic (exact) mass is 702 g/mol. The summed E-state index contributed by atoms with van der Waals surface area (Å²) in [4.78, 5) is 0. The Morgan fingerprint density at radius 3 is 1.70 bits per heavy atom. The van der Waals surface area contributed by atoms with Crippen LogP contribution >= 0.6 is 26.5 Å². The molecule has 0 spiro atoms. The molecule has 44 heavy (non-hydrogen) atoms.